The van der Waals surface area contributed by atoms with Crippen LogP contribution in [0.15, 0.2) is 59.4 Å². The monoisotopic (exact) mass is 442 g/mol. The average Bonchev–Trinajstić information content (AvgIpc) is 2.67. The van der Waals surface area contributed by atoms with E-state index in [-0.39, 0.29) is 16.9 Å². The first-order valence-electron chi connectivity index (χ1n) is 9.80. The van der Waals surface area contributed by atoms with Gasteiger partial charge in [0, 0.05) is 29.0 Å². The summed E-state index contributed by atoms with van der Waals surface area (Å²) in [6.07, 6.45) is 0.593. The molecule has 2 aromatic carbocycles. The molecule has 0 aliphatic rings. The van der Waals surface area contributed by atoms with Gasteiger partial charge in [-0.05, 0) is 49.1 Å². The number of pyridine rings is 1. The SMILES string of the molecule is Cc1cc(=O)c(C(=O)Nc2ccccc2Cl)c(CC(C)C)n1Cc1ccc(Cl)cc1. The third kappa shape index (κ3) is 5.13. The smallest absolute Gasteiger partial charge is 0.261 e. The van der Waals surface area contributed by atoms with E-state index >= 15 is 0 Å². The standard InChI is InChI=1S/C24H24Cl2N2O2/c1-15(2)12-21-23(24(30)27-20-7-5-4-6-19(20)26)22(29)13-16(3)28(21)14-17-8-10-18(25)11-9-17/h4-11,13,15H,12,14H2,1-3H3,(H,27,30). The number of para-hydroxylation sites is 1. The molecule has 0 bridgehead atoms. The number of benzene rings is 2. The maximum absolute atomic E-state index is 13.1. The van der Waals surface area contributed by atoms with E-state index in [1.807, 2.05) is 35.8 Å². The average molecular weight is 443 g/mol. The molecule has 1 heterocycles. The van der Waals surface area contributed by atoms with Gasteiger partial charge in [0.15, 0.2) is 5.43 Å². The highest BCUT2D eigenvalue weighted by molar-refractivity contribution is 6.34. The fourth-order valence-electron chi connectivity index (χ4n) is 3.41. The third-order valence-corrected chi connectivity index (χ3v) is 5.41. The van der Waals surface area contributed by atoms with Gasteiger partial charge in [0.25, 0.3) is 5.91 Å². The van der Waals surface area contributed by atoms with Gasteiger partial charge in [-0.1, -0.05) is 61.3 Å². The number of nitrogens with zero attached hydrogens (tertiary/aromatic N) is 1. The van der Waals surface area contributed by atoms with Crippen LogP contribution in [0.2, 0.25) is 10.0 Å². The quantitative estimate of drug-likeness (QED) is 0.511. The van der Waals surface area contributed by atoms with E-state index in [2.05, 4.69) is 19.2 Å². The van der Waals surface area contributed by atoms with Crippen LogP contribution in [0.1, 0.15) is 41.2 Å². The Labute approximate surface area is 186 Å². The lowest BCUT2D eigenvalue weighted by molar-refractivity contribution is 0.102. The predicted molar refractivity (Wildman–Crippen MR) is 124 cm³/mol. The number of hydrogen-bond donors (Lipinski definition) is 1. The molecule has 3 rings (SSSR count). The molecule has 0 fully saturated rings. The molecule has 1 aromatic heterocycles. The zero-order valence-corrected chi connectivity index (χ0v) is 18.7. The van der Waals surface area contributed by atoms with Gasteiger partial charge in [0.2, 0.25) is 0 Å². The fourth-order valence-corrected chi connectivity index (χ4v) is 3.72. The minimum atomic E-state index is -0.450. The lowest BCUT2D eigenvalue weighted by Crippen LogP contribution is -2.29. The number of carbonyl (C=O) groups is 1. The molecular weight excluding hydrogens is 419 g/mol. The number of halogens is 2. The van der Waals surface area contributed by atoms with E-state index in [1.165, 1.54) is 6.07 Å². The molecule has 0 spiro atoms. The molecule has 4 nitrogen and oxygen atoms in total. The van der Waals surface area contributed by atoms with Gasteiger partial charge < -0.3 is 9.88 Å². The van der Waals surface area contributed by atoms with Crippen LogP contribution in [0.4, 0.5) is 5.69 Å². The summed E-state index contributed by atoms with van der Waals surface area (Å²) in [5.41, 5.74) is 2.90. The van der Waals surface area contributed by atoms with Gasteiger partial charge in [0.05, 0.1) is 10.7 Å². The van der Waals surface area contributed by atoms with Crippen molar-refractivity contribution in [2.24, 2.45) is 5.92 Å². The van der Waals surface area contributed by atoms with Crippen molar-refractivity contribution in [3.8, 4) is 0 Å². The largest absolute Gasteiger partial charge is 0.343 e. The van der Waals surface area contributed by atoms with Gasteiger partial charge in [-0.25, -0.2) is 0 Å². The van der Waals surface area contributed by atoms with Gasteiger partial charge in [0.1, 0.15) is 5.56 Å². The van der Waals surface area contributed by atoms with Gasteiger partial charge in [-0.15, -0.1) is 0 Å². The number of nitrogens with one attached hydrogen (secondary N) is 1. The number of anilines is 1. The summed E-state index contributed by atoms with van der Waals surface area (Å²) in [4.78, 5) is 26.0. The molecule has 0 saturated heterocycles. The number of hydrogen-bond acceptors (Lipinski definition) is 2. The first-order valence-corrected chi connectivity index (χ1v) is 10.6. The number of rotatable bonds is 6. The Bertz CT molecular complexity index is 1120. The minimum absolute atomic E-state index is 0.156. The molecule has 156 valence electrons. The summed E-state index contributed by atoms with van der Waals surface area (Å²) in [6, 6.07) is 16.1. The van der Waals surface area contributed by atoms with Crippen LogP contribution in [0.5, 0.6) is 0 Å². The normalized spacial score (nSPS) is 11.0. The Kier molecular flexibility index (Phi) is 7.01. The van der Waals surface area contributed by atoms with Crippen molar-refractivity contribution >= 4 is 34.8 Å². The zero-order valence-electron chi connectivity index (χ0n) is 17.2. The molecule has 0 radical (unpaired) electrons. The molecule has 6 heteroatoms. The van der Waals surface area contributed by atoms with Gasteiger partial charge >= 0.3 is 0 Å². The van der Waals surface area contributed by atoms with E-state index in [0.717, 1.165) is 17.0 Å². The Morgan fingerprint density at radius 2 is 1.73 bits per heavy atom. The molecule has 0 aliphatic heterocycles. The second-order valence-corrected chi connectivity index (χ2v) is 8.56. The number of aromatic nitrogens is 1. The Balaban J connectivity index is 2.09. The van der Waals surface area contributed by atoms with Crippen LogP contribution < -0.4 is 10.7 Å². The maximum atomic E-state index is 13.1. The van der Waals surface area contributed by atoms with E-state index in [0.29, 0.717) is 28.7 Å². The summed E-state index contributed by atoms with van der Waals surface area (Å²) in [5.74, 6) is -0.192. The topological polar surface area (TPSA) is 51.1 Å². The molecule has 0 aliphatic carbocycles. The zero-order chi connectivity index (χ0) is 21.8. The molecule has 0 atom stereocenters. The van der Waals surface area contributed by atoms with Crippen molar-refractivity contribution in [3.05, 3.63) is 97.4 Å². The van der Waals surface area contributed by atoms with E-state index in [1.54, 1.807) is 24.3 Å². The van der Waals surface area contributed by atoms with Gasteiger partial charge in [-0.3, -0.25) is 9.59 Å². The van der Waals surface area contributed by atoms with Crippen molar-refractivity contribution in [2.45, 2.75) is 33.7 Å². The predicted octanol–water partition coefficient (Wildman–Crippen LogP) is 5.96. The van der Waals surface area contributed by atoms with Crippen molar-refractivity contribution < 1.29 is 4.79 Å². The van der Waals surface area contributed by atoms with Gasteiger partial charge in [-0.2, -0.15) is 0 Å². The molecule has 3 aromatic rings. The highest BCUT2D eigenvalue weighted by Crippen LogP contribution is 2.23. The summed E-state index contributed by atoms with van der Waals surface area (Å²) in [6.45, 7) is 6.55. The molecule has 1 N–H and O–H groups in total. The maximum Gasteiger partial charge on any atom is 0.261 e. The van der Waals surface area contributed by atoms with Crippen molar-refractivity contribution in [1.82, 2.24) is 4.57 Å². The highest BCUT2D eigenvalue weighted by Gasteiger charge is 2.22. The summed E-state index contributed by atoms with van der Waals surface area (Å²) >= 11 is 12.2. The van der Waals surface area contributed by atoms with Crippen LogP contribution in [0.25, 0.3) is 0 Å². The minimum Gasteiger partial charge on any atom is -0.343 e. The molecule has 30 heavy (non-hydrogen) atoms. The molecule has 0 saturated carbocycles. The van der Waals surface area contributed by atoms with Crippen molar-refractivity contribution in [3.63, 3.8) is 0 Å². The van der Waals surface area contributed by atoms with E-state index in [4.69, 9.17) is 23.2 Å². The highest BCUT2D eigenvalue weighted by atomic mass is 35.5. The van der Waals surface area contributed by atoms with Crippen LogP contribution in [-0.2, 0) is 13.0 Å². The second-order valence-electron chi connectivity index (χ2n) is 7.72. The summed E-state index contributed by atoms with van der Waals surface area (Å²) in [5, 5.41) is 3.88. The lowest BCUT2D eigenvalue weighted by Gasteiger charge is -2.21. The fraction of sp³-hybridized carbons (Fsp3) is 0.250. The first kappa shape index (κ1) is 22.1. The van der Waals surface area contributed by atoms with E-state index in [9.17, 15) is 9.59 Å². The van der Waals surface area contributed by atoms with Crippen LogP contribution in [0, 0.1) is 12.8 Å². The summed E-state index contributed by atoms with van der Waals surface area (Å²) < 4.78 is 2.03. The number of amides is 1. The lowest BCUT2D eigenvalue weighted by atomic mass is 10.00. The van der Waals surface area contributed by atoms with Crippen molar-refractivity contribution in [1.29, 1.82) is 0 Å². The van der Waals surface area contributed by atoms with Crippen molar-refractivity contribution in [2.75, 3.05) is 5.32 Å². The molecule has 1 amide bonds. The Morgan fingerprint density at radius 3 is 2.37 bits per heavy atom. The number of carbonyl (C=O) groups excluding carboxylic acids is 1. The van der Waals surface area contributed by atoms with Crippen LogP contribution >= 0.6 is 23.2 Å². The Hall–Kier alpha value is -2.56. The molecular formula is C24H24Cl2N2O2. The Morgan fingerprint density at radius 1 is 1.07 bits per heavy atom. The molecule has 0 unspecified atom stereocenters. The number of aryl methyl sites for hydroxylation is 1. The van der Waals surface area contributed by atoms with Crippen LogP contribution in [-0.4, -0.2) is 10.5 Å². The third-order valence-electron chi connectivity index (χ3n) is 4.83. The first-order chi connectivity index (χ1) is 14.3. The summed E-state index contributed by atoms with van der Waals surface area (Å²) in [7, 11) is 0. The van der Waals surface area contributed by atoms with Crippen LogP contribution in [0.3, 0.4) is 0 Å². The van der Waals surface area contributed by atoms with E-state index < -0.39 is 5.91 Å². The second kappa shape index (κ2) is 9.50.